The van der Waals surface area contributed by atoms with Crippen molar-refractivity contribution < 1.29 is 9.84 Å². The van der Waals surface area contributed by atoms with Crippen LogP contribution in [0.5, 0.6) is 0 Å². The molecule has 0 saturated carbocycles. The summed E-state index contributed by atoms with van der Waals surface area (Å²) in [7, 11) is 0. The van der Waals surface area contributed by atoms with Crippen molar-refractivity contribution in [3.8, 4) is 0 Å². The second-order valence-corrected chi connectivity index (χ2v) is 6.64. The first kappa shape index (κ1) is 22.6. The molecule has 0 aromatic carbocycles. The minimum atomic E-state index is -0.757. The largest absolute Gasteiger partial charge is 0.385 e. The summed E-state index contributed by atoms with van der Waals surface area (Å²) in [5, 5.41) is 13.9. The van der Waals surface area contributed by atoms with Crippen LogP contribution in [0.1, 0.15) is 5.69 Å². The average molecular weight is 393 g/mol. The smallest absolute Gasteiger partial charge is 0.113 e. The van der Waals surface area contributed by atoms with Gasteiger partial charge in [0.05, 0.1) is 13.2 Å². The Balaban J connectivity index is 0.00000156. The van der Waals surface area contributed by atoms with E-state index >= 15 is 0 Å². The average Bonchev–Trinajstić information content (AvgIpc) is 2.80. The molecule has 0 amide bonds. The first-order chi connectivity index (χ1) is 11.2. The summed E-state index contributed by atoms with van der Waals surface area (Å²) in [6.07, 6.45) is 2.86. The molecule has 0 aliphatic carbocycles. The van der Waals surface area contributed by atoms with Gasteiger partial charge >= 0.3 is 0 Å². The van der Waals surface area contributed by atoms with Crippen LogP contribution in [-0.2, 0) is 11.2 Å². The van der Waals surface area contributed by atoms with Crippen LogP contribution in [0.15, 0.2) is 24.4 Å². The highest BCUT2D eigenvalue weighted by Gasteiger charge is 2.32. The molecule has 3 rings (SSSR count). The molecule has 0 radical (unpaired) electrons. The fourth-order valence-corrected chi connectivity index (χ4v) is 3.29. The molecule has 2 aliphatic rings. The third-order valence-corrected chi connectivity index (χ3v) is 4.64. The normalized spacial score (nSPS) is 25.5. The highest BCUT2D eigenvalue weighted by atomic mass is 35.5. The lowest BCUT2D eigenvalue weighted by Gasteiger charge is -2.39. The number of piperazine rings is 1. The summed E-state index contributed by atoms with van der Waals surface area (Å²) in [5.41, 5.74) is 0.401. The zero-order valence-electron chi connectivity index (χ0n) is 14.6. The third-order valence-electron chi connectivity index (χ3n) is 4.64. The van der Waals surface area contributed by atoms with Crippen molar-refractivity contribution >= 4 is 24.8 Å². The van der Waals surface area contributed by atoms with Crippen molar-refractivity contribution in [1.82, 2.24) is 20.1 Å². The van der Waals surface area contributed by atoms with Gasteiger partial charge in [0.1, 0.15) is 5.60 Å². The van der Waals surface area contributed by atoms with Crippen LogP contribution in [0.25, 0.3) is 0 Å². The molecule has 1 aromatic heterocycles. The van der Waals surface area contributed by atoms with Crippen molar-refractivity contribution in [3.05, 3.63) is 30.1 Å². The van der Waals surface area contributed by atoms with E-state index in [1.807, 2.05) is 18.3 Å². The van der Waals surface area contributed by atoms with Crippen molar-refractivity contribution in [2.75, 3.05) is 65.6 Å². The Morgan fingerprint density at radius 2 is 1.92 bits per heavy atom. The standard InChI is InChI=1S/C17H28N4O2.2ClH/c22-17(13-18-6-12-23-15-17)14-21-10-8-20(9-11-21)7-4-16-3-1-2-5-19-16;;/h1-3,5,18,22H,4,6-15H2;2*1H. The molecule has 2 N–H and O–H groups in total. The number of aliphatic hydroxyl groups is 1. The number of aromatic nitrogens is 1. The van der Waals surface area contributed by atoms with Gasteiger partial charge in [0.25, 0.3) is 0 Å². The fraction of sp³-hybridized carbons (Fsp3) is 0.706. The molecule has 2 saturated heterocycles. The van der Waals surface area contributed by atoms with Crippen LogP contribution < -0.4 is 5.32 Å². The zero-order chi connectivity index (χ0) is 16.0. The van der Waals surface area contributed by atoms with Crippen LogP contribution >= 0.6 is 24.8 Å². The number of pyridine rings is 1. The lowest BCUT2D eigenvalue weighted by molar-refractivity contribution is -0.0550. The summed E-state index contributed by atoms with van der Waals surface area (Å²) in [5.74, 6) is 0. The molecule has 1 atom stereocenters. The molecule has 0 spiro atoms. The lowest BCUT2D eigenvalue weighted by Crippen LogP contribution is -2.56. The van der Waals surface area contributed by atoms with Gasteiger partial charge in [-0.05, 0) is 12.1 Å². The molecule has 1 unspecified atom stereocenters. The molecular formula is C17H30Cl2N4O2. The predicted octanol–water partition coefficient (Wildman–Crippen LogP) is 0.436. The zero-order valence-corrected chi connectivity index (χ0v) is 16.2. The summed E-state index contributed by atoms with van der Waals surface area (Å²) >= 11 is 0. The minimum Gasteiger partial charge on any atom is -0.385 e. The molecule has 144 valence electrons. The maximum atomic E-state index is 10.7. The second-order valence-electron chi connectivity index (χ2n) is 6.64. The van der Waals surface area contributed by atoms with Crippen molar-refractivity contribution in [3.63, 3.8) is 0 Å². The molecule has 8 heteroatoms. The molecule has 3 heterocycles. The highest BCUT2D eigenvalue weighted by Crippen LogP contribution is 2.12. The van der Waals surface area contributed by atoms with Gasteiger partial charge in [-0.25, -0.2) is 0 Å². The molecule has 6 nitrogen and oxygen atoms in total. The Labute approximate surface area is 162 Å². The summed E-state index contributed by atoms with van der Waals surface area (Å²) in [6, 6.07) is 6.09. The van der Waals surface area contributed by atoms with Crippen LogP contribution in [0.2, 0.25) is 0 Å². The summed E-state index contributed by atoms with van der Waals surface area (Å²) < 4.78 is 5.50. The number of ether oxygens (including phenoxy) is 1. The van der Waals surface area contributed by atoms with E-state index in [0.29, 0.717) is 26.3 Å². The van der Waals surface area contributed by atoms with Gasteiger partial charge < -0.3 is 20.1 Å². The van der Waals surface area contributed by atoms with Gasteiger partial charge in [-0.15, -0.1) is 24.8 Å². The molecular weight excluding hydrogens is 363 g/mol. The monoisotopic (exact) mass is 392 g/mol. The number of rotatable bonds is 5. The molecule has 25 heavy (non-hydrogen) atoms. The maximum Gasteiger partial charge on any atom is 0.113 e. The first-order valence-corrected chi connectivity index (χ1v) is 8.59. The predicted molar refractivity (Wildman–Crippen MR) is 104 cm³/mol. The van der Waals surface area contributed by atoms with Gasteiger partial charge in [0.15, 0.2) is 0 Å². The molecule has 2 aliphatic heterocycles. The third kappa shape index (κ3) is 7.35. The van der Waals surface area contributed by atoms with E-state index in [-0.39, 0.29) is 24.8 Å². The number of nitrogens with one attached hydrogen (secondary N) is 1. The number of β-amino-alcohol motifs (C(OH)–C–C–N with tert-alkyl or cyclic N) is 1. The van der Waals surface area contributed by atoms with E-state index in [2.05, 4.69) is 26.2 Å². The van der Waals surface area contributed by atoms with E-state index in [9.17, 15) is 5.11 Å². The summed E-state index contributed by atoms with van der Waals surface area (Å²) in [6.45, 7) is 8.41. The number of nitrogens with zero attached hydrogens (tertiary/aromatic N) is 3. The van der Waals surface area contributed by atoms with E-state index in [1.165, 1.54) is 0 Å². The Hall–Kier alpha value is -0.470. The quantitative estimate of drug-likeness (QED) is 0.757. The molecule has 0 bridgehead atoms. The Morgan fingerprint density at radius 3 is 2.64 bits per heavy atom. The van der Waals surface area contributed by atoms with E-state index in [0.717, 1.165) is 51.4 Å². The fourth-order valence-electron chi connectivity index (χ4n) is 3.29. The van der Waals surface area contributed by atoms with E-state index in [1.54, 1.807) is 0 Å². The van der Waals surface area contributed by atoms with Crippen LogP contribution in [0.3, 0.4) is 0 Å². The van der Waals surface area contributed by atoms with Gasteiger partial charge in [-0.2, -0.15) is 0 Å². The molecule has 2 fully saturated rings. The first-order valence-electron chi connectivity index (χ1n) is 8.59. The van der Waals surface area contributed by atoms with Crippen molar-refractivity contribution in [1.29, 1.82) is 0 Å². The Kier molecular flexibility index (Phi) is 10.2. The van der Waals surface area contributed by atoms with E-state index in [4.69, 9.17) is 4.74 Å². The van der Waals surface area contributed by atoms with Gasteiger partial charge in [0.2, 0.25) is 0 Å². The van der Waals surface area contributed by atoms with Crippen molar-refractivity contribution in [2.24, 2.45) is 0 Å². The van der Waals surface area contributed by atoms with Crippen LogP contribution in [0.4, 0.5) is 0 Å². The van der Waals surface area contributed by atoms with Crippen LogP contribution in [0, 0.1) is 0 Å². The lowest BCUT2D eigenvalue weighted by atomic mass is 10.0. The van der Waals surface area contributed by atoms with Gasteiger partial charge in [-0.3, -0.25) is 9.88 Å². The molecule has 1 aromatic rings. The maximum absolute atomic E-state index is 10.7. The number of hydrogen-bond donors (Lipinski definition) is 2. The van der Waals surface area contributed by atoms with Gasteiger partial charge in [0, 0.05) is 70.7 Å². The van der Waals surface area contributed by atoms with Crippen LogP contribution in [-0.4, -0.2) is 91.1 Å². The SMILES string of the molecule is Cl.Cl.OC1(CN2CCN(CCc3ccccn3)CC2)CNCCOC1. The topological polar surface area (TPSA) is 60.9 Å². The number of halogens is 2. The summed E-state index contributed by atoms with van der Waals surface area (Å²) in [4.78, 5) is 9.22. The minimum absolute atomic E-state index is 0. The number of hydrogen-bond acceptors (Lipinski definition) is 6. The Bertz CT molecular complexity index is 465. The van der Waals surface area contributed by atoms with Gasteiger partial charge in [-0.1, -0.05) is 6.07 Å². The Morgan fingerprint density at radius 1 is 1.16 bits per heavy atom. The van der Waals surface area contributed by atoms with Crippen molar-refractivity contribution in [2.45, 2.75) is 12.0 Å². The van der Waals surface area contributed by atoms with E-state index < -0.39 is 5.60 Å². The highest BCUT2D eigenvalue weighted by molar-refractivity contribution is 5.85. The second kappa shape index (κ2) is 11.3.